The number of hydrogen-bond donors (Lipinski definition) is 1. The van der Waals surface area contributed by atoms with Crippen molar-refractivity contribution in [2.75, 3.05) is 0 Å². The SMILES string of the molecule is Cc1ccc(S(=O)(=O)Cc2ccoc2[C@@H](C)[C@@H](C)O)cc1. The lowest BCUT2D eigenvalue weighted by atomic mass is 10.0. The summed E-state index contributed by atoms with van der Waals surface area (Å²) in [6.07, 6.45) is 0.866. The molecular formula is C16H20O4S. The maximum Gasteiger partial charge on any atom is 0.182 e. The van der Waals surface area contributed by atoms with E-state index in [1.165, 1.54) is 6.26 Å². The Morgan fingerprint density at radius 2 is 1.76 bits per heavy atom. The van der Waals surface area contributed by atoms with Crippen LogP contribution < -0.4 is 0 Å². The van der Waals surface area contributed by atoms with Crippen LogP contribution in [0.1, 0.15) is 36.7 Å². The molecular weight excluding hydrogens is 288 g/mol. The van der Waals surface area contributed by atoms with E-state index >= 15 is 0 Å². The number of hydrogen-bond acceptors (Lipinski definition) is 4. The summed E-state index contributed by atoms with van der Waals surface area (Å²) in [6.45, 7) is 5.38. The Hall–Kier alpha value is -1.59. The summed E-state index contributed by atoms with van der Waals surface area (Å²) in [7, 11) is -3.42. The van der Waals surface area contributed by atoms with Gasteiger partial charge in [0.2, 0.25) is 0 Å². The van der Waals surface area contributed by atoms with Crippen molar-refractivity contribution in [1.29, 1.82) is 0 Å². The zero-order chi connectivity index (χ0) is 15.6. The van der Waals surface area contributed by atoms with E-state index in [2.05, 4.69) is 0 Å². The van der Waals surface area contributed by atoms with Crippen LogP contribution in [0.25, 0.3) is 0 Å². The molecule has 21 heavy (non-hydrogen) atoms. The number of aliphatic hydroxyl groups is 1. The van der Waals surface area contributed by atoms with E-state index in [-0.39, 0.29) is 11.7 Å². The summed E-state index contributed by atoms with van der Waals surface area (Å²) in [5, 5.41) is 9.65. The predicted molar refractivity (Wildman–Crippen MR) is 80.9 cm³/mol. The highest BCUT2D eigenvalue weighted by Crippen LogP contribution is 2.27. The molecule has 2 rings (SSSR count). The Bertz CT molecular complexity index is 696. The van der Waals surface area contributed by atoms with Crippen molar-refractivity contribution >= 4 is 9.84 Å². The van der Waals surface area contributed by atoms with Gasteiger partial charge in [0.05, 0.1) is 23.0 Å². The van der Waals surface area contributed by atoms with Gasteiger partial charge >= 0.3 is 0 Å². The molecule has 5 heteroatoms. The quantitative estimate of drug-likeness (QED) is 0.922. The van der Waals surface area contributed by atoms with Crippen LogP contribution in [0.2, 0.25) is 0 Å². The topological polar surface area (TPSA) is 67.5 Å². The fraction of sp³-hybridized carbons (Fsp3) is 0.375. The van der Waals surface area contributed by atoms with Gasteiger partial charge in [-0.05, 0) is 32.0 Å². The second kappa shape index (κ2) is 6.03. The number of aryl methyl sites for hydroxylation is 1. The van der Waals surface area contributed by atoms with Gasteiger partial charge in [-0.1, -0.05) is 24.6 Å². The first-order valence-electron chi connectivity index (χ1n) is 6.85. The smallest absolute Gasteiger partial charge is 0.182 e. The van der Waals surface area contributed by atoms with Crippen LogP contribution >= 0.6 is 0 Å². The molecule has 0 saturated heterocycles. The van der Waals surface area contributed by atoms with E-state index < -0.39 is 15.9 Å². The van der Waals surface area contributed by atoms with E-state index in [4.69, 9.17) is 4.42 Å². The molecule has 0 radical (unpaired) electrons. The molecule has 1 heterocycles. The molecule has 0 saturated carbocycles. The van der Waals surface area contributed by atoms with Crippen LogP contribution in [0.3, 0.4) is 0 Å². The second-order valence-corrected chi connectivity index (χ2v) is 7.40. The van der Waals surface area contributed by atoms with Crippen LogP contribution in [-0.4, -0.2) is 19.6 Å². The Morgan fingerprint density at radius 3 is 2.33 bits per heavy atom. The second-order valence-electron chi connectivity index (χ2n) is 5.41. The van der Waals surface area contributed by atoms with Gasteiger partial charge in [0.1, 0.15) is 5.76 Å². The van der Waals surface area contributed by atoms with Gasteiger partial charge in [-0.15, -0.1) is 0 Å². The maximum absolute atomic E-state index is 12.5. The lowest BCUT2D eigenvalue weighted by Crippen LogP contribution is -2.13. The third kappa shape index (κ3) is 3.54. The van der Waals surface area contributed by atoms with Gasteiger partial charge in [-0.2, -0.15) is 0 Å². The Labute approximate surface area is 125 Å². The first-order valence-corrected chi connectivity index (χ1v) is 8.50. The average molecular weight is 308 g/mol. The molecule has 0 aliphatic heterocycles. The predicted octanol–water partition coefficient (Wildman–Crippen LogP) is 3.05. The van der Waals surface area contributed by atoms with E-state index in [1.54, 1.807) is 37.3 Å². The van der Waals surface area contributed by atoms with Crippen LogP contribution in [0.5, 0.6) is 0 Å². The van der Waals surface area contributed by atoms with Crippen molar-refractivity contribution < 1.29 is 17.9 Å². The molecule has 0 bridgehead atoms. The van der Waals surface area contributed by atoms with Gasteiger partial charge in [0, 0.05) is 11.5 Å². The molecule has 1 N–H and O–H groups in total. The Kier molecular flexibility index (Phi) is 4.54. The summed E-state index contributed by atoms with van der Waals surface area (Å²) >= 11 is 0. The van der Waals surface area contributed by atoms with Gasteiger partial charge in [0.15, 0.2) is 9.84 Å². The largest absolute Gasteiger partial charge is 0.469 e. The van der Waals surface area contributed by atoms with Crippen LogP contribution in [0.15, 0.2) is 45.9 Å². The molecule has 0 fully saturated rings. The van der Waals surface area contributed by atoms with E-state index in [0.717, 1.165) is 5.56 Å². The van der Waals surface area contributed by atoms with Crippen molar-refractivity contribution in [3.8, 4) is 0 Å². The highest BCUT2D eigenvalue weighted by Gasteiger charge is 2.23. The fourth-order valence-corrected chi connectivity index (χ4v) is 3.48. The third-order valence-corrected chi connectivity index (χ3v) is 5.32. The zero-order valence-corrected chi connectivity index (χ0v) is 13.2. The van der Waals surface area contributed by atoms with Crippen LogP contribution in [0, 0.1) is 6.92 Å². The van der Waals surface area contributed by atoms with E-state index in [9.17, 15) is 13.5 Å². The van der Waals surface area contributed by atoms with Crippen molar-refractivity contribution in [3.63, 3.8) is 0 Å². The minimum atomic E-state index is -3.42. The Balaban J connectivity index is 2.30. The third-order valence-electron chi connectivity index (χ3n) is 3.64. The highest BCUT2D eigenvalue weighted by molar-refractivity contribution is 7.90. The van der Waals surface area contributed by atoms with Crippen molar-refractivity contribution in [1.82, 2.24) is 0 Å². The number of rotatable bonds is 5. The molecule has 1 aromatic heterocycles. The maximum atomic E-state index is 12.5. The van der Waals surface area contributed by atoms with Crippen molar-refractivity contribution in [3.05, 3.63) is 53.5 Å². The lowest BCUT2D eigenvalue weighted by molar-refractivity contribution is 0.158. The Morgan fingerprint density at radius 1 is 1.14 bits per heavy atom. The van der Waals surface area contributed by atoms with E-state index in [1.807, 2.05) is 13.8 Å². The van der Waals surface area contributed by atoms with Gasteiger partial charge in [0.25, 0.3) is 0 Å². The highest BCUT2D eigenvalue weighted by atomic mass is 32.2. The zero-order valence-electron chi connectivity index (χ0n) is 12.4. The first-order chi connectivity index (χ1) is 9.81. The molecule has 0 spiro atoms. The minimum absolute atomic E-state index is 0.126. The molecule has 1 aromatic carbocycles. The summed E-state index contributed by atoms with van der Waals surface area (Å²) in [4.78, 5) is 0.296. The van der Waals surface area contributed by atoms with Gasteiger partial charge in [-0.25, -0.2) is 8.42 Å². The number of aliphatic hydroxyl groups excluding tert-OH is 1. The number of furan rings is 1. The fourth-order valence-electron chi connectivity index (χ4n) is 2.12. The van der Waals surface area contributed by atoms with E-state index in [0.29, 0.717) is 16.2 Å². The van der Waals surface area contributed by atoms with Crippen molar-refractivity contribution in [2.45, 2.75) is 43.4 Å². The number of sulfone groups is 1. The number of benzene rings is 1. The molecule has 2 aromatic rings. The van der Waals surface area contributed by atoms with Crippen LogP contribution in [-0.2, 0) is 15.6 Å². The van der Waals surface area contributed by atoms with Crippen molar-refractivity contribution in [2.24, 2.45) is 0 Å². The van der Waals surface area contributed by atoms with Crippen LogP contribution in [0.4, 0.5) is 0 Å². The summed E-state index contributed by atoms with van der Waals surface area (Å²) in [5.41, 5.74) is 1.62. The standard InChI is InChI=1S/C16H20O4S/c1-11-4-6-15(7-5-11)21(18,19)10-14-8-9-20-16(14)12(2)13(3)17/h4-9,12-13,17H,10H2,1-3H3/t12-,13+/m0/s1. The molecule has 114 valence electrons. The molecule has 2 atom stereocenters. The van der Waals surface area contributed by atoms with Gasteiger partial charge in [-0.3, -0.25) is 0 Å². The minimum Gasteiger partial charge on any atom is -0.469 e. The lowest BCUT2D eigenvalue weighted by Gasteiger charge is -2.14. The van der Waals surface area contributed by atoms with Gasteiger partial charge < -0.3 is 9.52 Å². The normalized spacial score (nSPS) is 14.9. The monoisotopic (exact) mass is 308 g/mol. The molecule has 0 unspecified atom stereocenters. The molecule has 0 amide bonds. The summed E-state index contributed by atoms with van der Waals surface area (Å²) in [6, 6.07) is 8.44. The molecule has 0 aliphatic carbocycles. The average Bonchev–Trinajstić information content (AvgIpc) is 2.85. The summed E-state index contributed by atoms with van der Waals surface area (Å²) < 4.78 is 30.3. The molecule has 4 nitrogen and oxygen atoms in total. The molecule has 0 aliphatic rings. The summed E-state index contributed by atoms with van der Waals surface area (Å²) in [5.74, 6) is 0.155. The first kappa shape index (κ1) is 15.8.